The fourth-order valence-electron chi connectivity index (χ4n) is 1.24. The van der Waals surface area contributed by atoms with Crippen LogP contribution in [0.25, 0.3) is 0 Å². The number of hydrogen-bond acceptors (Lipinski definition) is 3. The van der Waals surface area contributed by atoms with Gasteiger partial charge in [0.1, 0.15) is 5.75 Å². The summed E-state index contributed by atoms with van der Waals surface area (Å²) in [7, 11) is 0. The number of hydrogen-bond donors (Lipinski definition) is 1. The summed E-state index contributed by atoms with van der Waals surface area (Å²) < 4.78 is 6.18. The molecule has 94 valence electrons. The predicted octanol–water partition coefficient (Wildman–Crippen LogP) is 1.78. The number of terminal acetylenes is 1. The third-order valence-corrected chi connectivity index (χ3v) is 2.63. The number of nitrogens with one attached hydrogen (secondary N) is 1. The van der Waals surface area contributed by atoms with Gasteiger partial charge in [-0.1, -0.05) is 21.9 Å². The quantitative estimate of drug-likeness (QED) is 0.666. The molecule has 1 aromatic rings. The normalized spacial score (nSPS) is 11.2. The van der Waals surface area contributed by atoms with E-state index in [-0.39, 0.29) is 12.5 Å². The monoisotopic (exact) mass is 309 g/mol. The Labute approximate surface area is 114 Å². The molecule has 1 amide bonds. The third kappa shape index (κ3) is 3.90. The Morgan fingerprint density at radius 3 is 3.00 bits per heavy atom. The van der Waals surface area contributed by atoms with Gasteiger partial charge in [-0.15, -0.1) is 6.42 Å². The molecule has 0 saturated heterocycles. The van der Waals surface area contributed by atoms with E-state index in [0.29, 0.717) is 17.6 Å². The van der Waals surface area contributed by atoms with Crippen LogP contribution < -0.4 is 10.1 Å². The lowest BCUT2D eigenvalue weighted by molar-refractivity contribution is -0.127. The molecule has 1 atom stereocenters. The van der Waals surface area contributed by atoms with Crippen molar-refractivity contribution < 1.29 is 14.3 Å². The molecule has 1 N–H and O–H groups in total. The van der Waals surface area contributed by atoms with Crippen LogP contribution in [0.4, 0.5) is 0 Å². The van der Waals surface area contributed by atoms with Crippen molar-refractivity contribution in [3.05, 3.63) is 28.2 Å². The highest BCUT2D eigenvalue weighted by Gasteiger charge is 2.15. The minimum absolute atomic E-state index is 0.146. The van der Waals surface area contributed by atoms with E-state index in [1.54, 1.807) is 25.1 Å². The molecule has 0 radical (unpaired) electrons. The maximum Gasteiger partial charge on any atom is 0.261 e. The fraction of sp³-hybridized carbons (Fsp3) is 0.231. The van der Waals surface area contributed by atoms with Gasteiger partial charge >= 0.3 is 0 Å². The van der Waals surface area contributed by atoms with Crippen LogP contribution in [0.15, 0.2) is 22.7 Å². The molecule has 0 bridgehead atoms. The first-order valence-corrected chi connectivity index (χ1v) is 6.00. The summed E-state index contributed by atoms with van der Waals surface area (Å²) in [6, 6.07) is 4.97. The van der Waals surface area contributed by atoms with Crippen LogP contribution in [0.3, 0.4) is 0 Å². The Morgan fingerprint density at radius 2 is 2.39 bits per heavy atom. The molecule has 1 unspecified atom stereocenters. The van der Waals surface area contributed by atoms with Crippen molar-refractivity contribution in [1.29, 1.82) is 0 Å². The highest BCUT2D eigenvalue weighted by Crippen LogP contribution is 2.22. The average Bonchev–Trinajstić information content (AvgIpc) is 2.37. The molecular weight excluding hydrogens is 298 g/mol. The van der Waals surface area contributed by atoms with Crippen molar-refractivity contribution in [3.63, 3.8) is 0 Å². The number of aldehydes is 1. The van der Waals surface area contributed by atoms with Crippen LogP contribution in [0, 0.1) is 12.3 Å². The Balaban J connectivity index is 2.75. The summed E-state index contributed by atoms with van der Waals surface area (Å²) in [4.78, 5) is 22.4. The van der Waals surface area contributed by atoms with Crippen LogP contribution in [0.5, 0.6) is 5.75 Å². The van der Waals surface area contributed by atoms with Crippen LogP contribution >= 0.6 is 15.9 Å². The molecule has 1 rings (SSSR count). The van der Waals surface area contributed by atoms with Gasteiger partial charge < -0.3 is 10.1 Å². The van der Waals surface area contributed by atoms with Crippen LogP contribution in [0.2, 0.25) is 0 Å². The minimum Gasteiger partial charge on any atom is -0.480 e. The topological polar surface area (TPSA) is 55.4 Å². The van der Waals surface area contributed by atoms with Crippen molar-refractivity contribution in [1.82, 2.24) is 5.32 Å². The molecule has 1 aromatic carbocycles. The van der Waals surface area contributed by atoms with E-state index < -0.39 is 6.10 Å². The number of ether oxygens (including phenoxy) is 1. The van der Waals surface area contributed by atoms with E-state index >= 15 is 0 Å². The molecule has 0 aromatic heterocycles. The number of carbonyl (C=O) groups excluding carboxylic acids is 2. The zero-order chi connectivity index (χ0) is 13.5. The lowest BCUT2D eigenvalue weighted by Crippen LogP contribution is -2.36. The van der Waals surface area contributed by atoms with Crippen molar-refractivity contribution in [2.24, 2.45) is 0 Å². The summed E-state index contributed by atoms with van der Waals surface area (Å²) in [5.74, 6) is 2.33. The van der Waals surface area contributed by atoms with Gasteiger partial charge in [-0.05, 0) is 25.1 Å². The first-order chi connectivity index (χ1) is 8.58. The van der Waals surface area contributed by atoms with E-state index in [1.165, 1.54) is 0 Å². The smallest absolute Gasteiger partial charge is 0.261 e. The molecule has 0 heterocycles. The zero-order valence-electron chi connectivity index (χ0n) is 9.77. The van der Waals surface area contributed by atoms with Gasteiger partial charge in [0.2, 0.25) is 0 Å². The highest BCUT2D eigenvalue weighted by atomic mass is 79.9. The Kier molecular flexibility index (Phi) is 5.40. The summed E-state index contributed by atoms with van der Waals surface area (Å²) >= 11 is 3.25. The number of amides is 1. The molecule has 0 aliphatic carbocycles. The molecule has 0 fully saturated rings. The zero-order valence-corrected chi connectivity index (χ0v) is 11.4. The van der Waals surface area contributed by atoms with Crippen LogP contribution in [-0.2, 0) is 4.79 Å². The summed E-state index contributed by atoms with van der Waals surface area (Å²) in [6.45, 7) is 1.73. The second-order valence-electron chi connectivity index (χ2n) is 3.48. The number of benzene rings is 1. The molecule has 0 aliphatic heterocycles. The van der Waals surface area contributed by atoms with Gasteiger partial charge in [-0.3, -0.25) is 9.59 Å². The highest BCUT2D eigenvalue weighted by molar-refractivity contribution is 9.10. The fourth-order valence-corrected chi connectivity index (χ4v) is 1.62. The summed E-state index contributed by atoms with van der Waals surface area (Å²) in [5.41, 5.74) is 0.376. The molecule has 0 saturated carbocycles. The van der Waals surface area contributed by atoms with Gasteiger partial charge in [-0.2, -0.15) is 0 Å². The molecule has 5 heteroatoms. The number of halogens is 1. The van der Waals surface area contributed by atoms with Crippen molar-refractivity contribution >= 4 is 28.1 Å². The molecule has 18 heavy (non-hydrogen) atoms. The standard InChI is InChI=1S/C13H12BrNO3/c1-3-6-15-13(17)9(2)18-12-5-4-11(14)7-10(12)8-16/h1,4-5,7-9H,6H2,2H3,(H,15,17). The summed E-state index contributed by atoms with van der Waals surface area (Å²) in [5, 5.41) is 2.50. The van der Waals surface area contributed by atoms with Crippen LogP contribution in [-0.4, -0.2) is 24.8 Å². The third-order valence-electron chi connectivity index (χ3n) is 2.14. The molecule has 4 nitrogen and oxygen atoms in total. The first-order valence-electron chi connectivity index (χ1n) is 5.21. The van der Waals surface area contributed by atoms with E-state index in [4.69, 9.17) is 11.2 Å². The van der Waals surface area contributed by atoms with Gasteiger partial charge in [0, 0.05) is 4.47 Å². The molecule has 0 spiro atoms. The number of carbonyl (C=O) groups is 2. The van der Waals surface area contributed by atoms with Crippen LogP contribution in [0.1, 0.15) is 17.3 Å². The minimum atomic E-state index is -0.724. The van der Waals surface area contributed by atoms with E-state index in [1.807, 2.05) is 0 Å². The maximum absolute atomic E-state index is 11.5. The molecule has 0 aliphatic rings. The largest absolute Gasteiger partial charge is 0.480 e. The second-order valence-corrected chi connectivity index (χ2v) is 4.40. The van der Waals surface area contributed by atoms with Gasteiger partial charge in [0.15, 0.2) is 12.4 Å². The van der Waals surface area contributed by atoms with E-state index in [9.17, 15) is 9.59 Å². The van der Waals surface area contributed by atoms with Crippen molar-refractivity contribution in [2.75, 3.05) is 6.54 Å². The predicted molar refractivity (Wildman–Crippen MR) is 71.5 cm³/mol. The SMILES string of the molecule is C#CCNC(=O)C(C)Oc1ccc(Br)cc1C=O. The Morgan fingerprint density at radius 1 is 1.67 bits per heavy atom. The maximum atomic E-state index is 11.5. The second kappa shape index (κ2) is 6.82. The van der Waals surface area contributed by atoms with Gasteiger partial charge in [0.05, 0.1) is 12.1 Å². The number of rotatable bonds is 5. The van der Waals surface area contributed by atoms with Crippen molar-refractivity contribution in [2.45, 2.75) is 13.0 Å². The Hall–Kier alpha value is -1.80. The Bertz CT molecular complexity index is 493. The summed E-state index contributed by atoms with van der Waals surface area (Å²) in [6.07, 6.45) is 4.98. The van der Waals surface area contributed by atoms with Gasteiger partial charge in [-0.25, -0.2) is 0 Å². The average molecular weight is 310 g/mol. The van der Waals surface area contributed by atoms with Crippen molar-refractivity contribution in [3.8, 4) is 18.1 Å². The lowest BCUT2D eigenvalue weighted by atomic mass is 10.2. The van der Waals surface area contributed by atoms with E-state index in [0.717, 1.165) is 4.47 Å². The molecular formula is C13H12BrNO3. The van der Waals surface area contributed by atoms with E-state index in [2.05, 4.69) is 27.2 Å². The lowest BCUT2D eigenvalue weighted by Gasteiger charge is -2.15. The van der Waals surface area contributed by atoms with Gasteiger partial charge in [0.25, 0.3) is 5.91 Å². The first kappa shape index (κ1) is 14.3.